The molecule has 1 aromatic carbocycles. The van der Waals surface area contributed by atoms with E-state index in [9.17, 15) is 4.39 Å². The largest absolute Gasteiger partial charge is 0.373 e. The van der Waals surface area contributed by atoms with Gasteiger partial charge in [-0.25, -0.2) is 4.39 Å². The van der Waals surface area contributed by atoms with Gasteiger partial charge in [-0.1, -0.05) is 18.2 Å². The van der Waals surface area contributed by atoms with Crippen molar-refractivity contribution >= 4 is 29.9 Å². The molecule has 1 heterocycles. The van der Waals surface area contributed by atoms with E-state index < -0.39 is 0 Å². The summed E-state index contributed by atoms with van der Waals surface area (Å²) >= 11 is 0. The van der Waals surface area contributed by atoms with Crippen molar-refractivity contribution in [2.45, 2.75) is 45.8 Å². The van der Waals surface area contributed by atoms with E-state index in [1.807, 2.05) is 19.1 Å². The number of guanidine groups is 1. The Morgan fingerprint density at radius 2 is 1.93 bits per heavy atom. The highest BCUT2D eigenvalue weighted by Gasteiger charge is 2.21. The van der Waals surface area contributed by atoms with Crippen LogP contribution in [0, 0.1) is 5.82 Å². The van der Waals surface area contributed by atoms with Crippen molar-refractivity contribution in [1.82, 2.24) is 15.5 Å². The van der Waals surface area contributed by atoms with Crippen molar-refractivity contribution in [2.24, 2.45) is 4.99 Å². The lowest BCUT2D eigenvalue weighted by molar-refractivity contribution is -0.0679. The number of morpholine rings is 1. The fraction of sp³-hybridized carbons (Fsp3) is 0.650. The molecule has 0 saturated carbocycles. The predicted octanol–water partition coefficient (Wildman–Crippen LogP) is 3.04. The molecule has 1 aromatic rings. The van der Waals surface area contributed by atoms with Crippen molar-refractivity contribution in [3.8, 4) is 0 Å². The van der Waals surface area contributed by atoms with E-state index in [-0.39, 0.29) is 29.8 Å². The molecule has 1 aliphatic rings. The smallest absolute Gasteiger partial charge is 0.191 e. The number of rotatable bonds is 8. The normalized spacial score (nSPS) is 20.8. The van der Waals surface area contributed by atoms with Gasteiger partial charge in [0.05, 0.1) is 12.2 Å². The Morgan fingerprint density at radius 1 is 1.22 bits per heavy atom. The molecule has 0 aromatic heterocycles. The molecule has 0 aliphatic carbocycles. The summed E-state index contributed by atoms with van der Waals surface area (Å²) in [6, 6.07) is 6.91. The van der Waals surface area contributed by atoms with Gasteiger partial charge in [0.15, 0.2) is 5.96 Å². The Labute approximate surface area is 180 Å². The molecule has 7 heteroatoms. The fourth-order valence-corrected chi connectivity index (χ4v) is 3.31. The third-order valence-electron chi connectivity index (χ3n) is 4.39. The van der Waals surface area contributed by atoms with Crippen molar-refractivity contribution in [2.75, 3.05) is 39.3 Å². The summed E-state index contributed by atoms with van der Waals surface area (Å²) in [6.45, 7) is 11.6. The second-order valence-corrected chi connectivity index (χ2v) is 6.90. The zero-order valence-electron chi connectivity index (χ0n) is 16.7. The molecule has 2 atom stereocenters. The van der Waals surface area contributed by atoms with E-state index in [1.165, 1.54) is 6.07 Å². The number of nitrogens with zero attached hydrogens (tertiary/aromatic N) is 2. The van der Waals surface area contributed by atoms with Crippen LogP contribution < -0.4 is 10.6 Å². The molecule has 2 N–H and O–H groups in total. The highest BCUT2D eigenvalue weighted by atomic mass is 127. The van der Waals surface area contributed by atoms with Gasteiger partial charge in [-0.3, -0.25) is 9.89 Å². The molecule has 1 fully saturated rings. The van der Waals surface area contributed by atoms with E-state index in [0.717, 1.165) is 50.7 Å². The molecule has 154 valence electrons. The van der Waals surface area contributed by atoms with Crippen molar-refractivity contribution in [3.63, 3.8) is 0 Å². The zero-order valence-corrected chi connectivity index (χ0v) is 19.0. The van der Waals surface area contributed by atoms with Gasteiger partial charge in [-0.15, -0.1) is 24.0 Å². The minimum absolute atomic E-state index is 0. The number of benzene rings is 1. The second-order valence-electron chi connectivity index (χ2n) is 6.90. The summed E-state index contributed by atoms with van der Waals surface area (Å²) < 4.78 is 19.4. The molecular formula is C20H34FIN4O. The average Bonchev–Trinajstić information content (AvgIpc) is 2.59. The van der Waals surface area contributed by atoms with E-state index in [2.05, 4.69) is 34.4 Å². The lowest BCUT2D eigenvalue weighted by Gasteiger charge is -2.35. The van der Waals surface area contributed by atoms with Crippen LogP contribution in [0.1, 0.15) is 32.8 Å². The summed E-state index contributed by atoms with van der Waals surface area (Å²) in [6.07, 6.45) is 2.27. The minimum atomic E-state index is -0.148. The van der Waals surface area contributed by atoms with E-state index in [4.69, 9.17) is 4.74 Å². The Kier molecular flexibility index (Phi) is 11.9. The summed E-state index contributed by atoms with van der Waals surface area (Å²) in [4.78, 5) is 7.08. The van der Waals surface area contributed by atoms with E-state index >= 15 is 0 Å². The van der Waals surface area contributed by atoms with Gasteiger partial charge >= 0.3 is 0 Å². The Balaban J connectivity index is 0.00000364. The minimum Gasteiger partial charge on any atom is -0.373 e. The Bertz CT molecular complexity index is 563. The number of aliphatic imine (C=N–C) groups is 1. The molecule has 0 radical (unpaired) electrons. The maximum Gasteiger partial charge on any atom is 0.191 e. The maximum absolute atomic E-state index is 13.7. The van der Waals surface area contributed by atoms with Crippen molar-refractivity contribution in [3.05, 3.63) is 35.6 Å². The first-order valence-corrected chi connectivity index (χ1v) is 9.72. The Hall–Kier alpha value is -0.930. The number of hydrogen-bond acceptors (Lipinski definition) is 3. The molecule has 0 amide bonds. The van der Waals surface area contributed by atoms with Gasteiger partial charge in [0.25, 0.3) is 0 Å². The summed E-state index contributed by atoms with van der Waals surface area (Å²) in [7, 11) is 0. The van der Waals surface area contributed by atoms with E-state index in [0.29, 0.717) is 25.2 Å². The van der Waals surface area contributed by atoms with Crippen LogP contribution in [0.4, 0.5) is 4.39 Å². The molecule has 2 unspecified atom stereocenters. The van der Waals surface area contributed by atoms with Crippen LogP contribution in [-0.4, -0.2) is 62.3 Å². The number of halogens is 2. The topological polar surface area (TPSA) is 48.9 Å². The van der Waals surface area contributed by atoms with Crippen LogP contribution in [0.15, 0.2) is 29.3 Å². The third kappa shape index (κ3) is 9.21. The van der Waals surface area contributed by atoms with Crippen LogP contribution in [0.3, 0.4) is 0 Å². The van der Waals surface area contributed by atoms with Gasteiger partial charge in [-0.05, 0) is 45.2 Å². The maximum atomic E-state index is 13.7. The molecular weight excluding hydrogens is 458 g/mol. The SMILES string of the molecule is CCNC(=NCCCN1CC(C)OC(C)C1)NCCc1ccccc1F.I. The van der Waals surface area contributed by atoms with Crippen LogP contribution in [0.5, 0.6) is 0 Å². The number of hydrogen-bond donors (Lipinski definition) is 2. The average molecular weight is 492 g/mol. The molecule has 1 aliphatic heterocycles. The van der Waals surface area contributed by atoms with E-state index in [1.54, 1.807) is 6.07 Å². The van der Waals surface area contributed by atoms with Crippen LogP contribution in [0.25, 0.3) is 0 Å². The summed E-state index contributed by atoms with van der Waals surface area (Å²) in [5, 5.41) is 6.54. The first-order chi connectivity index (χ1) is 12.6. The standard InChI is InChI=1S/C20H33FN4O.HI/c1-4-22-20(24-12-10-18-8-5-6-9-19(18)21)23-11-7-13-25-14-16(2)26-17(3)15-25;/h5-6,8-9,16-17H,4,7,10-15H2,1-3H3,(H2,22,23,24);1H. The second kappa shape index (κ2) is 13.3. The molecule has 2 rings (SSSR count). The number of nitrogens with one attached hydrogen (secondary N) is 2. The predicted molar refractivity (Wildman–Crippen MR) is 121 cm³/mol. The highest BCUT2D eigenvalue weighted by Crippen LogP contribution is 2.10. The summed E-state index contributed by atoms with van der Waals surface area (Å²) in [5.41, 5.74) is 0.728. The van der Waals surface area contributed by atoms with Gasteiger partial charge in [0, 0.05) is 39.3 Å². The van der Waals surface area contributed by atoms with Gasteiger partial charge < -0.3 is 15.4 Å². The zero-order chi connectivity index (χ0) is 18.8. The van der Waals surface area contributed by atoms with Gasteiger partial charge in [0.2, 0.25) is 0 Å². The summed E-state index contributed by atoms with van der Waals surface area (Å²) in [5.74, 6) is 0.651. The molecule has 0 spiro atoms. The van der Waals surface area contributed by atoms with Crippen molar-refractivity contribution < 1.29 is 9.13 Å². The van der Waals surface area contributed by atoms with Gasteiger partial charge in [0.1, 0.15) is 5.82 Å². The lowest BCUT2D eigenvalue weighted by atomic mass is 10.1. The lowest BCUT2D eigenvalue weighted by Crippen LogP contribution is -2.45. The fourth-order valence-electron chi connectivity index (χ4n) is 3.31. The van der Waals surface area contributed by atoms with Crippen molar-refractivity contribution in [1.29, 1.82) is 0 Å². The molecule has 0 bridgehead atoms. The Morgan fingerprint density at radius 3 is 2.59 bits per heavy atom. The molecule has 5 nitrogen and oxygen atoms in total. The monoisotopic (exact) mass is 492 g/mol. The number of ether oxygens (including phenoxy) is 1. The quantitative estimate of drug-likeness (QED) is 0.254. The molecule has 1 saturated heterocycles. The van der Waals surface area contributed by atoms with Crippen LogP contribution >= 0.6 is 24.0 Å². The first-order valence-electron chi connectivity index (χ1n) is 9.72. The molecule has 27 heavy (non-hydrogen) atoms. The van der Waals surface area contributed by atoms with Gasteiger partial charge in [-0.2, -0.15) is 0 Å². The third-order valence-corrected chi connectivity index (χ3v) is 4.39. The van der Waals surface area contributed by atoms with Crippen LogP contribution in [-0.2, 0) is 11.2 Å². The highest BCUT2D eigenvalue weighted by molar-refractivity contribution is 14.0. The van der Waals surface area contributed by atoms with Crippen LogP contribution in [0.2, 0.25) is 0 Å². The first kappa shape index (κ1) is 24.1.